The minimum atomic E-state index is 0.0122. The number of imidazole rings is 1. The molecule has 2 rings (SSSR count). The third-order valence-electron chi connectivity index (χ3n) is 3.89. The number of aromatic nitrogens is 3. The van der Waals surface area contributed by atoms with Gasteiger partial charge in [0.25, 0.3) is 0 Å². The van der Waals surface area contributed by atoms with Crippen LogP contribution in [0.4, 0.5) is 11.1 Å². The van der Waals surface area contributed by atoms with Crippen LogP contribution in [0.2, 0.25) is 0 Å². The van der Waals surface area contributed by atoms with Crippen LogP contribution in [0, 0.1) is 0 Å². The topological polar surface area (TPSA) is 118 Å². The van der Waals surface area contributed by atoms with Crippen molar-refractivity contribution in [3.05, 3.63) is 11.6 Å². The number of hydrogen-bond acceptors (Lipinski definition) is 5. The number of unbranched alkanes of at least 4 members (excludes halogenated alkanes) is 7. The van der Waals surface area contributed by atoms with Gasteiger partial charge in [-0.25, -0.2) is 9.97 Å². The van der Waals surface area contributed by atoms with E-state index in [1.807, 2.05) is 5.38 Å². The van der Waals surface area contributed by atoms with Crippen molar-refractivity contribution in [2.24, 2.45) is 16.5 Å². The van der Waals surface area contributed by atoms with E-state index in [1.54, 1.807) is 6.20 Å². The highest BCUT2D eigenvalue weighted by Gasteiger charge is 2.07. The first-order valence-electron chi connectivity index (χ1n) is 9.03. The first-order valence-corrected chi connectivity index (χ1v) is 9.91. The summed E-state index contributed by atoms with van der Waals surface area (Å²) >= 11 is 1.39. The van der Waals surface area contributed by atoms with E-state index in [0.29, 0.717) is 5.13 Å². The molecule has 0 saturated heterocycles. The van der Waals surface area contributed by atoms with Gasteiger partial charge >= 0.3 is 0 Å². The smallest absolute Gasteiger partial charge is 0.212 e. The van der Waals surface area contributed by atoms with E-state index in [9.17, 15) is 0 Å². The quantitative estimate of drug-likeness (QED) is 0.258. The lowest BCUT2D eigenvalue weighted by Crippen LogP contribution is -2.21. The molecule has 0 spiro atoms. The first kappa shape index (κ1) is 19.2. The van der Waals surface area contributed by atoms with Gasteiger partial charge in [-0.3, -0.25) is 0 Å². The number of nitrogens with two attached hydrogens (primary N) is 2. The summed E-state index contributed by atoms with van der Waals surface area (Å²) in [5.41, 5.74) is 12.4. The fraction of sp³-hybridized carbons (Fsp3) is 0.588. The van der Waals surface area contributed by atoms with Crippen molar-refractivity contribution in [2.75, 3.05) is 11.9 Å². The van der Waals surface area contributed by atoms with E-state index >= 15 is 0 Å². The van der Waals surface area contributed by atoms with Crippen LogP contribution in [0.1, 0.15) is 58.3 Å². The molecule has 0 fully saturated rings. The lowest BCUT2D eigenvalue weighted by Gasteiger charge is -2.03. The Labute approximate surface area is 153 Å². The van der Waals surface area contributed by atoms with Gasteiger partial charge in [-0.1, -0.05) is 51.9 Å². The van der Waals surface area contributed by atoms with Crippen LogP contribution in [0.5, 0.6) is 0 Å². The average Bonchev–Trinajstić information content (AvgIpc) is 3.22. The Hall–Kier alpha value is -2.09. The zero-order valence-corrected chi connectivity index (χ0v) is 15.7. The molecule has 0 aliphatic heterocycles. The second-order valence-corrected chi connectivity index (χ2v) is 6.94. The third kappa shape index (κ3) is 7.13. The van der Waals surface area contributed by atoms with E-state index < -0.39 is 0 Å². The van der Waals surface area contributed by atoms with Gasteiger partial charge in [-0.2, -0.15) is 4.99 Å². The van der Waals surface area contributed by atoms with Crippen molar-refractivity contribution in [1.29, 1.82) is 0 Å². The van der Waals surface area contributed by atoms with Gasteiger partial charge in [0.05, 0.1) is 11.9 Å². The Morgan fingerprint density at radius 2 is 1.88 bits per heavy atom. The summed E-state index contributed by atoms with van der Waals surface area (Å²) in [6, 6.07) is 0. The molecule has 0 aromatic carbocycles. The van der Waals surface area contributed by atoms with Crippen molar-refractivity contribution >= 4 is 28.4 Å². The number of aromatic amines is 1. The van der Waals surface area contributed by atoms with E-state index in [4.69, 9.17) is 11.5 Å². The highest BCUT2D eigenvalue weighted by molar-refractivity contribution is 7.13. The van der Waals surface area contributed by atoms with Crippen molar-refractivity contribution in [3.63, 3.8) is 0 Å². The summed E-state index contributed by atoms with van der Waals surface area (Å²) in [7, 11) is 0. The Morgan fingerprint density at radius 1 is 1.16 bits per heavy atom. The van der Waals surface area contributed by atoms with E-state index in [1.165, 1.54) is 56.3 Å². The first-order chi connectivity index (χ1) is 12.2. The summed E-state index contributed by atoms with van der Waals surface area (Å²) in [5, 5.41) is 5.77. The second-order valence-electron chi connectivity index (χ2n) is 6.10. The molecule has 7 nitrogen and oxygen atoms in total. The summed E-state index contributed by atoms with van der Waals surface area (Å²) in [4.78, 5) is 15.9. The highest BCUT2D eigenvalue weighted by atomic mass is 32.1. The molecule has 0 atom stereocenters. The fourth-order valence-corrected chi connectivity index (χ4v) is 3.26. The number of rotatable bonds is 12. The lowest BCUT2D eigenvalue weighted by atomic mass is 10.1. The fourth-order valence-electron chi connectivity index (χ4n) is 2.56. The summed E-state index contributed by atoms with van der Waals surface area (Å²) in [5.74, 6) is 0.785. The van der Waals surface area contributed by atoms with Crippen molar-refractivity contribution in [3.8, 4) is 11.4 Å². The Morgan fingerprint density at radius 3 is 2.60 bits per heavy atom. The molecule has 2 aromatic heterocycles. The molecule has 0 aliphatic rings. The number of aliphatic imine (C=N–C) groups is 1. The van der Waals surface area contributed by atoms with Crippen molar-refractivity contribution < 1.29 is 0 Å². The van der Waals surface area contributed by atoms with Gasteiger partial charge in [-0.15, -0.1) is 11.3 Å². The van der Waals surface area contributed by atoms with Gasteiger partial charge in [-0.05, 0) is 6.42 Å². The monoisotopic (exact) mass is 363 g/mol. The normalized spacial score (nSPS) is 10.8. The summed E-state index contributed by atoms with van der Waals surface area (Å²) in [6.45, 7) is 3.18. The zero-order valence-electron chi connectivity index (χ0n) is 14.9. The molecule has 8 heteroatoms. The predicted octanol–water partition coefficient (Wildman–Crippen LogP) is 3.99. The summed E-state index contributed by atoms with van der Waals surface area (Å²) in [6.07, 6.45) is 12.3. The third-order valence-corrected chi connectivity index (χ3v) is 4.63. The van der Waals surface area contributed by atoms with Crippen LogP contribution in [-0.2, 0) is 0 Å². The molecule has 0 bridgehead atoms. The number of thiazole rings is 1. The van der Waals surface area contributed by atoms with Crippen LogP contribution in [0.15, 0.2) is 16.6 Å². The molecule has 2 aromatic rings. The van der Waals surface area contributed by atoms with Crippen LogP contribution < -0.4 is 16.8 Å². The maximum absolute atomic E-state index is 5.36. The lowest BCUT2D eigenvalue weighted by molar-refractivity contribution is 0.581. The molecule has 0 saturated carbocycles. The predicted molar refractivity (Wildman–Crippen MR) is 106 cm³/mol. The van der Waals surface area contributed by atoms with Crippen LogP contribution >= 0.6 is 11.3 Å². The Bertz CT molecular complexity index is 643. The zero-order chi connectivity index (χ0) is 17.9. The number of hydrogen-bond donors (Lipinski definition) is 4. The largest absolute Gasteiger partial charge is 0.370 e. The van der Waals surface area contributed by atoms with Gasteiger partial charge in [0.2, 0.25) is 11.1 Å². The Kier molecular flexibility index (Phi) is 8.24. The SMILES string of the molecule is CCCCCCCCCCNc1ncc(-c2csc(N=C(N)N)n2)[nH]1. The number of anilines is 1. The van der Waals surface area contributed by atoms with Crippen LogP contribution in [-0.4, -0.2) is 27.5 Å². The van der Waals surface area contributed by atoms with E-state index in [2.05, 4.69) is 32.2 Å². The van der Waals surface area contributed by atoms with Crippen molar-refractivity contribution in [1.82, 2.24) is 15.0 Å². The number of H-pyrrole nitrogens is 1. The van der Waals surface area contributed by atoms with E-state index in [0.717, 1.165) is 30.3 Å². The maximum atomic E-state index is 5.36. The molecule has 0 amide bonds. The molecular formula is C17H29N7S. The molecule has 138 valence electrons. The Balaban J connectivity index is 1.66. The number of nitrogens with zero attached hydrogens (tertiary/aromatic N) is 3. The van der Waals surface area contributed by atoms with Gasteiger partial charge in [0.15, 0.2) is 5.96 Å². The number of guanidine groups is 1. The second kappa shape index (κ2) is 10.7. The summed E-state index contributed by atoms with van der Waals surface area (Å²) < 4.78 is 0. The molecule has 6 N–H and O–H groups in total. The van der Waals surface area contributed by atoms with Crippen LogP contribution in [0.25, 0.3) is 11.4 Å². The van der Waals surface area contributed by atoms with Gasteiger partial charge < -0.3 is 21.8 Å². The average molecular weight is 364 g/mol. The van der Waals surface area contributed by atoms with Gasteiger partial charge in [0, 0.05) is 11.9 Å². The molecule has 0 unspecified atom stereocenters. The minimum absolute atomic E-state index is 0.0122. The molecule has 2 heterocycles. The molecule has 25 heavy (non-hydrogen) atoms. The van der Waals surface area contributed by atoms with Crippen molar-refractivity contribution in [2.45, 2.75) is 58.3 Å². The number of nitrogens with one attached hydrogen (secondary N) is 2. The highest BCUT2D eigenvalue weighted by Crippen LogP contribution is 2.26. The molecule has 0 radical (unpaired) electrons. The van der Waals surface area contributed by atoms with Gasteiger partial charge in [0.1, 0.15) is 5.69 Å². The maximum Gasteiger partial charge on any atom is 0.212 e. The van der Waals surface area contributed by atoms with Crippen LogP contribution in [0.3, 0.4) is 0 Å². The standard InChI is InChI=1S/C17H29N7S/c1-2-3-4-5-6-7-8-9-10-20-16-21-11-13(22-16)14-12-25-17(23-14)24-15(18)19/h11-12H,2-10H2,1H3,(H2,20,21,22)(H4,18,19,23,24). The minimum Gasteiger partial charge on any atom is -0.370 e. The molecule has 0 aliphatic carbocycles. The molecular weight excluding hydrogens is 334 g/mol. The van der Waals surface area contributed by atoms with E-state index in [-0.39, 0.29) is 5.96 Å².